The van der Waals surface area contributed by atoms with E-state index in [1.165, 1.54) is 0 Å². The van der Waals surface area contributed by atoms with Crippen LogP contribution in [0.1, 0.15) is 23.7 Å². The van der Waals surface area contributed by atoms with E-state index in [-0.39, 0.29) is 11.9 Å². The number of benzene rings is 1. The van der Waals surface area contributed by atoms with Crippen molar-refractivity contribution < 1.29 is 19.1 Å². The van der Waals surface area contributed by atoms with Crippen LogP contribution in [0.2, 0.25) is 0 Å². The molecule has 0 aliphatic heterocycles. The predicted molar refractivity (Wildman–Crippen MR) is 78.0 cm³/mol. The van der Waals surface area contributed by atoms with Gasteiger partial charge >= 0.3 is 5.97 Å². The Balaban J connectivity index is 1.72. The summed E-state index contributed by atoms with van der Waals surface area (Å²) in [6.07, 6.45) is 0.805. The third kappa shape index (κ3) is 4.29. The molecule has 0 spiro atoms. The van der Waals surface area contributed by atoms with Crippen molar-refractivity contribution in [2.45, 2.75) is 13.3 Å². The Hall–Kier alpha value is -1.89. The minimum atomic E-state index is -0.586. The van der Waals surface area contributed by atoms with Crippen molar-refractivity contribution in [3.8, 4) is 0 Å². The summed E-state index contributed by atoms with van der Waals surface area (Å²) in [5.74, 6) is -1.17. The summed E-state index contributed by atoms with van der Waals surface area (Å²) in [4.78, 5) is 34.7. The summed E-state index contributed by atoms with van der Waals surface area (Å²) >= 11 is 3.24. The van der Waals surface area contributed by atoms with Crippen molar-refractivity contribution in [2.24, 2.45) is 11.8 Å². The van der Waals surface area contributed by atoms with E-state index in [1.54, 1.807) is 24.3 Å². The molecule has 1 aromatic rings. The Labute approximate surface area is 130 Å². The molecule has 0 aromatic heterocycles. The van der Waals surface area contributed by atoms with Gasteiger partial charge in [-0.3, -0.25) is 25.2 Å². The highest BCUT2D eigenvalue weighted by Crippen LogP contribution is 2.38. The molecule has 2 atom stereocenters. The quantitative estimate of drug-likeness (QED) is 0.632. The number of hydrazine groups is 1. The van der Waals surface area contributed by atoms with Gasteiger partial charge in [-0.25, -0.2) is 0 Å². The summed E-state index contributed by atoms with van der Waals surface area (Å²) in [7, 11) is 0. The lowest BCUT2D eigenvalue weighted by Crippen LogP contribution is -2.43. The Morgan fingerprint density at radius 1 is 1.29 bits per heavy atom. The zero-order chi connectivity index (χ0) is 15.4. The van der Waals surface area contributed by atoms with Gasteiger partial charge in [-0.2, -0.15) is 0 Å². The standard InChI is InChI=1S/C14H15BrN2O4/c1-8-6-10(8)14(20)21-7-12(18)16-17-13(19)9-4-2-3-5-11(9)15/h2-5,8,10H,6-7H2,1H3,(H,16,18)(H,17,19)/t8-,10-/m0/s1. The molecule has 1 aliphatic rings. The molecule has 112 valence electrons. The lowest BCUT2D eigenvalue weighted by Gasteiger charge is -2.08. The zero-order valence-electron chi connectivity index (χ0n) is 11.4. The number of ether oxygens (including phenoxy) is 1. The van der Waals surface area contributed by atoms with Crippen LogP contribution in [0.25, 0.3) is 0 Å². The smallest absolute Gasteiger partial charge is 0.309 e. The Morgan fingerprint density at radius 3 is 2.57 bits per heavy atom. The van der Waals surface area contributed by atoms with Crippen molar-refractivity contribution in [1.29, 1.82) is 0 Å². The Morgan fingerprint density at radius 2 is 1.95 bits per heavy atom. The third-order valence-corrected chi connectivity index (χ3v) is 3.88. The summed E-state index contributed by atoms with van der Waals surface area (Å²) in [6.45, 7) is 1.54. The Kier molecular flexibility index (Phi) is 4.95. The second-order valence-electron chi connectivity index (χ2n) is 4.91. The maximum absolute atomic E-state index is 11.8. The average Bonchev–Trinajstić information content (AvgIpc) is 3.19. The van der Waals surface area contributed by atoms with Gasteiger partial charge in [-0.05, 0) is 40.4 Å². The van der Waals surface area contributed by atoms with Crippen LogP contribution in [-0.4, -0.2) is 24.4 Å². The molecule has 1 fully saturated rings. The summed E-state index contributed by atoms with van der Waals surface area (Å²) in [6, 6.07) is 6.81. The van der Waals surface area contributed by atoms with E-state index < -0.39 is 18.4 Å². The summed E-state index contributed by atoms with van der Waals surface area (Å²) in [5.41, 5.74) is 4.85. The molecule has 1 aromatic carbocycles. The number of carbonyl (C=O) groups excluding carboxylic acids is 3. The second-order valence-corrected chi connectivity index (χ2v) is 5.76. The first-order chi connectivity index (χ1) is 9.99. The first kappa shape index (κ1) is 15.5. The van der Waals surface area contributed by atoms with Crippen LogP contribution in [0, 0.1) is 11.8 Å². The molecule has 1 saturated carbocycles. The summed E-state index contributed by atoms with van der Waals surface area (Å²) in [5, 5.41) is 0. The van der Waals surface area contributed by atoms with Gasteiger partial charge in [0.05, 0.1) is 11.5 Å². The van der Waals surface area contributed by atoms with E-state index in [0.717, 1.165) is 6.42 Å². The number of nitrogens with one attached hydrogen (secondary N) is 2. The highest BCUT2D eigenvalue weighted by Gasteiger charge is 2.40. The molecule has 1 aliphatic carbocycles. The topological polar surface area (TPSA) is 84.5 Å². The van der Waals surface area contributed by atoms with E-state index in [0.29, 0.717) is 16.0 Å². The number of halogens is 1. The number of hydrogen-bond acceptors (Lipinski definition) is 4. The first-order valence-electron chi connectivity index (χ1n) is 6.49. The maximum atomic E-state index is 11.8. The minimum Gasteiger partial charge on any atom is -0.455 e. The van der Waals surface area contributed by atoms with Gasteiger partial charge < -0.3 is 4.74 Å². The van der Waals surface area contributed by atoms with Gasteiger partial charge in [0.1, 0.15) is 0 Å². The maximum Gasteiger partial charge on any atom is 0.309 e. The van der Waals surface area contributed by atoms with Crippen molar-refractivity contribution in [1.82, 2.24) is 10.9 Å². The van der Waals surface area contributed by atoms with Crippen molar-refractivity contribution in [3.63, 3.8) is 0 Å². The van der Waals surface area contributed by atoms with Crippen molar-refractivity contribution >= 4 is 33.7 Å². The van der Waals surface area contributed by atoms with Gasteiger partial charge in [-0.1, -0.05) is 19.1 Å². The average molecular weight is 355 g/mol. The SMILES string of the molecule is C[C@H]1C[C@@H]1C(=O)OCC(=O)NNC(=O)c1ccccc1Br. The zero-order valence-corrected chi connectivity index (χ0v) is 13.0. The fourth-order valence-electron chi connectivity index (χ4n) is 1.77. The van der Waals surface area contributed by atoms with E-state index in [2.05, 4.69) is 26.8 Å². The Bertz CT molecular complexity index is 576. The monoisotopic (exact) mass is 354 g/mol. The van der Waals surface area contributed by atoms with Crippen molar-refractivity contribution in [3.05, 3.63) is 34.3 Å². The largest absolute Gasteiger partial charge is 0.455 e. The first-order valence-corrected chi connectivity index (χ1v) is 7.28. The summed E-state index contributed by atoms with van der Waals surface area (Å²) < 4.78 is 5.46. The van der Waals surface area contributed by atoms with Crippen molar-refractivity contribution in [2.75, 3.05) is 6.61 Å². The molecular weight excluding hydrogens is 340 g/mol. The van der Waals surface area contributed by atoms with Gasteiger partial charge in [0, 0.05) is 4.47 Å². The van der Waals surface area contributed by atoms with Crippen LogP contribution >= 0.6 is 15.9 Å². The van der Waals surface area contributed by atoms with Crippen LogP contribution in [0.5, 0.6) is 0 Å². The number of amides is 2. The fraction of sp³-hybridized carbons (Fsp3) is 0.357. The highest BCUT2D eigenvalue weighted by molar-refractivity contribution is 9.10. The number of rotatable bonds is 4. The van der Waals surface area contributed by atoms with E-state index in [1.807, 2.05) is 6.92 Å². The molecular formula is C14H15BrN2O4. The van der Waals surface area contributed by atoms with E-state index in [4.69, 9.17) is 4.74 Å². The number of esters is 1. The van der Waals surface area contributed by atoms with Gasteiger partial charge in [0.2, 0.25) is 0 Å². The molecule has 6 nitrogen and oxygen atoms in total. The molecule has 7 heteroatoms. The van der Waals surface area contributed by atoms with Gasteiger partial charge in [0.25, 0.3) is 11.8 Å². The van der Waals surface area contributed by atoms with E-state index >= 15 is 0 Å². The van der Waals surface area contributed by atoms with Crippen LogP contribution < -0.4 is 10.9 Å². The van der Waals surface area contributed by atoms with E-state index in [9.17, 15) is 14.4 Å². The fourth-order valence-corrected chi connectivity index (χ4v) is 2.23. The predicted octanol–water partition coefficient (Wildman–Crippen LogP) is 1.41. The van der Waals surface area contributed by atoms with Crippen LogP contribution in [0.4, 0.5) is 0 Å². The lowest BCUT2D eigenvalue weighted by molar-refractivity contribution is -0.150. The van der Waals surface area contributed by atoms with Crippen LogP contribution in [0.15, 0.2) is 28.7 Å². The van der Waals surface area contributed by atoms with Gasteiger partial charge in [0.15, 0.2) is 6.61 Å². The third-order valence-electron chi connectivity index (χ3n) is 3.19. The normalized spacial score (nSPS) is 19.5. The molecule has 2 rings (SSSR count). The molecule has 0 unspecified atom stereocenters. The molecule has 21 heavy (non-hydrogen) atoms. The molecule has 2 amide bonds. The molecule has 0 heterocycles. The number of carbonyl (C=O) groups is 3. The second kappa shape index (κ2) is 6.71. The lowest BCUT2D eigenvalue weighted by atomic mass is 10.2. The molecule has 0 saturated heterocycles. The molecule has 2 N–H and O–H groups in total. The van der Waals surface area contributed by atoms with Crippen LogP contribution in [0.3, 0.4) is 0 Å². The molecule has 0 bridgehead atoms. The highest BCUT2D eigenvalue weighted by atomic mass is 79.9. The minimum absolute atomic E-state index is 0.0901. The van der Waals surface area contributed by atoms with Crippen LogP contribution in [-0.2, 0) is 14.3 Å². The molecule has 0 radical (unpaired) electrons. The number of hydrogen-bond donors (Lipinski definition) is 2. The van der Waals surface area contributed by atoms with Gasteiger partial charge in [-0.15, -0.1) is 0 Å².